The van der Waals surface area contributed by atoms with E-state index in [0.29, 0.717) is 17.8 Å². The van der Waals surface area contributed by atoms with Crippen molar-refractivity contribution >= 4 is 11.9 Å². The molecular weight excluding hydrogens is 272 g/mol. The summed E-state index contributed by atoms with van der Waals surface area (Å²) in [6.07, 6.45) is 2.16. The van der Waals surface area contributed by atoms with E-state index in [1.54, 1.807) is 36.3 Å². The van der Waals surface area contributed by atoms with Gasteiger partial charge >= 0.3 is 5.97 Å². The zero-order chi connectivity index (χ0) is 15.2. The molecule has 1 heterocycles. The van der Waals surface area contributed by atoms with Crippen LogP contribution in [-0.2, 0) is 24.8 Å². The van der Waals surface area contributed by atoms with Crippen molar-refractivity contribution in [2.24, 2.45) is 7.05 Å². The van der Waals surface area contributed by atoms with Crippen LogP contribution in [-0.4, -0.2) is 31.7 Å². The third-order valence-electron chi connectivity index (χ3n) is 2.96. The van der Waals surface area contributed by atoms with Gasteiger partial charge in [0.05, 0.1) is 12.1 Å². The van der Waals surface area contributed by atoms with E-state index in [0.717, 1.165) is 0 Å². The van der Waals surface area contributed by atoms with Crippen LogP contribution in [0.15, 0.2) is 30.6 Å². The average molecular weight is 288 g/mol. The third kappa shape index (κ3) is 4.13. The molecule has 0 unspecified atom stereocenters. The lowest BCUT2D eigenvalue weighted by Gasteiger charge is -2.06. The molecule has 0 aliphatic heterocycles. The summed E-state index contributed by atoms with van der Waals surface area (Å²) < 4.78 is 1.56. The molecule has 21 heavy (non-hydrogen) atoms. The van der Waals surface area contributed by atoms with E-state index in [1.165, 1.54) is 6.07 Å². The number of nitrogens with one attached hydrogen (secondary N) is 1. The van der Waals surface area contributed by atoms with E-state index in [2.05, 4.69) is 15.4 Å². The van der Waals surface area contributed by atoms with E-state index in [9.17, 15) is 9.59 Å². The average Bonchev–Trinajstić information content (AvgIpc) is 2.88. The van der Waals surface area contributed by atoms with Crippen LogP contribution in [0.1, 0.15) is 28.2 Å². The number of carboxylic acids is 1. The van der Waals surface area contributed by atoms with Gasteiger partial charge in [0.25, 0.3) is 0 Å². The number of hydrogen-bond donors (Lipinski definition) is 2. The van der Waals surface area contributed by atoms with Gasteiger partial charge in [-0.15, -0.1) is 0 Å². The molecule has 1 aromatic heterocycles. The Balaban J connectivity index is 1.85. The molecule has 2 rings (SSSR count). The number of rotatable bonds is 6. The summed E-state index contributed by atoms with van der Waals surface area (Å²) in [5, 5.41) is 15.8. The lowest BCUT2D eigenvalue weighted by atomic mass is 10.0. The Kier molecular flexibility index (Phi) is 4.65. The minimum Gasteiger partial charge on any atom is -0.478 e. The van der Waals surface area contributed by atoms with Crippen molar-refractivity contribution < 1.29 is 14.7 Å². The fourth-order valence-electron chi connectivity index (χ4n) is 1.93. The Morgan fingerprint density at radius 2 is 2.10 bits per heavy atom. The Morgan fingerprint density at radius 1 is 1.33 bits per heavy atom. The van der Waals surface area contributed by atoms with Crippen molar-refractivity contribution in [2.75, 3.05) is 0 Å². The molecule has 0 spiro atoms. The van der Waals surface area contributed by atoms with E-state index >= 15 is 0 Å². The molecule has 0 aliphatic carbocycles. The monoisotopic (exact) mass is 288 g/mol. The first-order valence-electron chi connectivity index (χ1n) is 6.48. The summed E-state index contributed by atoms with van der Waals surface area (Å²) in [5.41, 5.74) is 0.882. The van der Waals surface area contributed by atoms with Crippen LogP contribution >= 0.6 is 0 Å². The molecule has 0 saturated carbocycles. The fourth-order valence-corrected chi connectivity index (χ4v) is 1.93. The second-order valence-electron chi connectivity index (χ2n) is 4.57. The summed E-state index contributed by atoms with van der Waals surface area (Å²) in [7, 11) is 1.75. The van der Waals surface area contributed by atoms with Crippen molar-refractivity contribution in [1.29, 1.82) is 0 Å². The van der Waals surface area contributed by atoms with Gasteiger partial charge in [-0.3, -0.25) is 9.48 Å². The Morgan fingerprint density at radius 3 is 2.76 bits per heavy atom. The minimum atomic E-state index is -0.983. The fraction of sp³-hybridized carbons (Fsp3) is 0.286. The summed E-state index contributed by atoms with van der Waals surface area (Å²) in [4.78, 5) is 26.8. The third-order valence-corrected chi connectivity index (χ3v) is 2.96. The normalized spacial score (nSPS) is 10.3. The summed E-state index contributed by atoms with van der Waals surface area (Å²) >= 11 is 0. The molecule has 7 nitrogen and oxygen atoms in total. The van der Waals surface area contributed by atoms with Crippen molar-refractivity contribution in [1.82, 2.24) is 20.1 Å². The second kappa shape index (κ2) is 6.65. The van der Waals surface area contributed by atoms with Crippen LogP contribution in [0.2, 0.25) is 0 Å². The van der Waals surface area contributed by atoms with Gasteiger partial charge in [-0.2, -0.15) is 5.10 Å². The predicted octanol–water partition coefficient (Wildman–Crippen LogP) is 0.762. The molecule has 0 atom stereocenters. The first-order chi connectivity index (χ1) is 10.1. The van der Waals surface area contributed by atoms with Crippen LogP contribution in [0.3, 0.4) is 0 Å². The standard InChI is InChI=1S/C14H16N4O3/c1-18-9-16-12(17-18)8-15-13(19)7-6-10-4-2-3-5-11(10)14(20)21/h2-5,9H,6-8H2,1H3,(H,15,19)(H,20,21). The van der Waals surface area contributed by atoms with E-state index < -0.39 is 5.97 Å². The maximum atomic E-state index is 11.8. The van der Waals surface area contributed by atoms with Crippen molar-refractivity contribution in [3.63, 3.8) is 0 Å². The maximum absolute atomic E-state index is 11.8. The lowest BCUT2D eigenvalue weighted by molar-refractivity contribution is -0.121. The molecule has 0 aliphatic rings. The van der Waals surface area contributed by atoms with Gasteiger partial charge in [0, 0.05) is 13.5 Å². The molecule has 1 aromatic carbocycles. The first-order valence-corrected chi connectivity index (χ1v) is 6.48. The van der Waals surface area contributed by atoms with Gasteiger partial charge in [0.2, 0.25) is 5.91 Å². The first kappa shape index (κ1) is 14.7. The predicted molar refractivity (Wildman–Crippen MR) is 74.6 cm³/mol. The smallest absolute Gasteiger partial charge is 0.335 e. The van der Waals surface area contributed by atoms with Gasteiger partial charge in [0.15, 0.2) is 5.82 Å². The van der Waals surface area contributed by atoms with Crippen LogP contribution in [0.5, 0.6) is 0 Å². The number of aromatic nitrogens is 3. The Hall–Kier alpha value is -2.70. The number of benzene rings is 1. The van der Waals surface area contributed by atoms with Crippen molar-refractivity contribution in [3.05, 3.63) is 47.5 Å². The molecule has 2 N–H and O–H groups in total. The number of aryl methyl sites for hydroxylation is 2. The van der Waals surface area contributed by atoms with Gasteiger partial charge < -0.3 is 10.4 Å². The van der Waals surface area contributed by atoms with Gasteiger partial charge in [-0.25, -0.2) is 9.78 Å². The lowest BCUT2D eigenvalue weighted by Crippen LogP contribution is -2.24. The molecular formula is C14H16N4O3. The number of carboxylic acid groups (broad SMARTS) is 1. The summed E-state index contributed by atoms with van der Waals surface area (Å²) in [6.45, 7) is 0.264. The minimum absolute atomic E-state index is 0.164. The van der Waals surface area contributed by atoms with E-state index in [-0.39, 0.29) is 24.4 Å². The van der Waals surface area contributed by atoms with E-state index in [4.69, 9.17) is 5.11 Å². The van der Waals surface area contributed by atoms with Crippen molar-refractivity contribution in [3.8, 4) is 0 Å². The van der Waals surface area contributed by atoms with Crippen LogP contribution < -0.4 is 5.32 Å². The Bertz CT molecular complexity index is 651. The number of carbonyl (C=O) groups is 2. The highest BCUT2D eigenvalue weighted by Crippen LogP contribution is 2.11. The van der Waals surface area contributed by atoms with Crippen molar-refractivity contribution in [2.45, 2.75) is 19.4 Å². The zero-order valence-corrected chi connectivity index (χ0v) is 11.6. The SMILES string of the molecule is Cn1cnc(CNC(=O)CCc2ccccc2C(=O)O)n1. The molecule has 0 bridgehead atoms. The summed E-state index contributed by atoms with van der Waals surface area (Å²) in [5.74, 6) is -0.608. The maximum Gasteiger partial charge on any atom is 0.335 e. The van der Waals surface area contributed by atoms with Gasteiger partial charge in [0.1, 0.15) is 6.33 Å². The quantitative estimate of drug-likeness (QED) is 0.818. The van der Waals surface area contributed by atoms with Gasteiger partial charge in [-0.1, -0.05) is 18.2 Å². The van der Waals surface area contributed by atoms with Crippen LogP contribution in [0.4, 0.5) is 0 Å². The molecule has 0 radical (unpaired) electrons. The number of nitrogens with zero attached hydrogens (tertiary/aromatic N) is 3. The molecule has 0 saturated heterocycles. The van der Waals surface area contributed by atoms with Gasteiger partial charge in [-0.05, 0) is 18.1 Å². The molecule has 110 valence electrons. The number of hydrogen-bond acceptors (Lipinski definition) is 4. The number of aromatic carboxylic acids is 1. The molecule has 1 amide bonds. The molecule has 2 aromatic rings. The van der Waals surface area contributed by atoms with E-state index in [1.807, 2.05) is 0 Å². The number of amides is 1. The highest BCUT2D eigenvalue weighted by atomic mass is 16.4. The second-order valence-corrected chi connectivity index (χ2v) is 4.57. The van der Waals surface area contributed by atoms with Crippen LogP contribution in [0.25, 0.3) is 0 Å². The molecule has 0 fully saturated rings. The number of carbonyl (C=O) groups excluding carboxylic acids is 1. The Labute approximate surface area is 121 Å². The highest BCUT2D eigenvalue weighted by molar-refractivity contribution is 5.89. The molecule has 7 heteroatoms. The summed E-state index contributed by atoms with van der Waals surface area (Å²) in [6, 6.07) is 6.68. The zero-order valence-electron chi connectivity index (χ0n) is 11.6. The highest BCUT2D eigenvalue weighted by Gasteiger charge is 2.10. The van der Waals surface area contributed by atoms with Crippen LogP contribution in [0, 0.1) is 0 Å². The topological polar surface area (TPSA) is 97.1 Å². The largest absolute Gasteiger partial charge is 0.478 e.